The van der Waals surface area contributed by atoms with Crippen molar-refractivity contribution in [2.24, 2.45) is 0 Å². The standard InChI is InChI=1S/C22H25FN2O3/c23-18-6-7-19-21(14-18)28-24-22(19)16-8-11-25(12-9-16)10-3-13-27-20-5-2-1-4-17(20)15-26/h1-2,4-7,14,16,26H,3,8-13,15H2. The number of para-hydroxylation sites is 1. The van der Waals surface area contributed by atoms with Crippen molar-refractivity contribution in [1.82, 2.24) is 10.1 Å². The Balaban J connectivity index is 1.24. The lowest BCUT2D eigenvalue weighted by Crippen LogP contribution is -2.34. The molecule has 2 aromatic carbocycles. The SMILES string of the molecule is OCc1ccccc1OCCCN1CCC(c2noc3cc(F)ccc23)CC1. The van der Waals surface area contributed by atoms with Gasteiger partial charge in [-0.05, 0) is 50.6 Å². The van der Waals surface area contributed by atoms with E-state index in [1.165, 1.54) is 12.1 Å². The Kier molecular flexibility index (Phi) is 5.88. The van der Waals surface area contributed by atoms with Crippen LogP contribution >= 0.6 is 0 Å². The Labute approximate surface area is 163 Å². The molecule has 0 atom stereocenters. The molecule has 0 radical (unpaired) electrons. The third-order valence-corrected chi connectivity index (χ3v) is 5.46. The Morgan fingerprint density at radius 2 is 2.00 bits per heavy atom. The van der Waals surface area contributed by atoms with Gasteiger partial charge < -0.3 is 19.3 Å². The maximum Gasteiger partial charge on any atom is 0.170 e. The van der Waals surface area contributed by atoms with Crippen LogP contribution in [0.1, 0.15) is 36.4 Å². The largest absolute Gasteiger partial charge is 0.493 e. The summed E-state index contributed by atoms with van der Waals surface area (Å²) in [5.41, 5.74) is 2.30. The summed E-state index contributed by atoms with van der Waals surface area (Å²) in [6, 6.07) is 12.2. The average molecular weight is 384 g/mol. The molecule has 0 aliphatic carbocycles. The fourth-order valence-corrected chi connectivity index (χ4v) is 3.90. The quantitative estimate of drug-likeness (QED) is 0.622. The first kappa shape index (κ1) is 18.9. The topological polar surface area (TPSA) is 58.7 Å². The molecular formula is C22H25FN2O3. The number of ether oxygens (including phenoxy) is 1. The second-order valence-electron chi connectivity index (χ2n) is 7.29. The van der Waals surface area contributed by atoms with Gasteiger partial charge in [-0.1, -0.05) is 23.4 Å². The number of nitrogens with zero attached hydrogens (tertiary/aromatic N) is 2. The number of benzene rings is 2. The molecule has 6 heteroatoms. The number of fused-ring (bicyclic) bond motifs is 1. The zero-order valence-electron chi connectivity index (χ0n) is 15.8. The lowest BCUT2D eigenvalue weighted by Gasteiger charge is -2.31. The van der Waals surface area contributed by atoms with Gasteiger partial charge in [0.15, 0.2) is 5.58 Å². The van der Waals surface area contributed by atoms with Gasteiger partial charge >= 0.3 is 0 Å². The Hall–Kier alpha value is -2.44. The maximum absolute atomic E-state index is 13.3. The van der Waals surface area contributed by atoms with Gasteiger partial charge in [-0.3, -0.25) is 0 Å². The molecule has 1 fully saturated rings. The first-order chi connectivity index (χ1) is 13.7. The van der Waals surface area contributed by atoms with Gasteiger partial charge in [-0.25, -0.2) is 4.39 Å². The lowest BCUT2D eigenvalue weighted by molar-refractivity contribution is 0.189. The van der Waals surface area contributed by atoms with Crippen LogP contribution in [0.25, 0.3) is 11.0 Å². The molecule has 1 N–H and O–H groups in total. The van der Waals surface area contributed by atoms with Crippen LogP contribution in [0.3, 0.4) is 0 Å². The van der Waals surface area contributed by atoms with E-state index in [0.717, 1.165) is 61.3 Å². The summed E-state index contributed by atoms with van der Waals surface area (Å²) >= 11 is 0. The molecule has 4 rings (SSSR count). The maximum atomic E-state index is 13.3. The van der Waals surface area contributed by atoms with E-state index >= 15 is 0 Å². The fraction of sp³-hybridized carbons (Fsp3) is 0.409. The number of hydrogen-bond donors (Lipinski definition) is 1. The molecule has 0 saturated carbocycles. The highest BCUT2D eigenvalue weighted by molar-refractivity contribution is 5.79. The van der Waals surface area contributed by atoms with Gasteiger partial charge in [0.05, 0.1) is 18.9 Å². The molecule has 1 aliphatic rings. The number of likely N-dealkylation sites (tertiary alicyclic amines) is 1. The van der Waals surface area contributed by atoms with Gasteiger partial charge in [0.1, 0.15) is 11.6 Å². The van der Waals surface area contributed by atoms with E-state index in [2.05, 4.69) is 10.1 Å². The minimum Gasteiger partial charge on any atom is -0.493 e. The minimum absolute atomic E-state index is 0.00689. The Morgan fingerprint density at radius 1 is 1.18 bits per heavy atom. The highest BCUT2D eigenvalue weighted by atomic mass is 19.1. The number of halogens is 1. The van der Waals surface area contributed by atoms with Crippen LogP contribution in [0.4, 0.5) is 4.39 Å². The molecule has 0 bridgehead atoms. The van der Waals surface area contributed by atoms with Crippen LogP contribution in [-0.2, 0) is 6.61 Å². The molecule has 2 heterocycles. The predicted molar refractivity (Wildman–Crippen MR) is 105 cm³/mol. The highest BCUT2D eigenvalue weighted by Gasteiger charge is 2.24. The van der Waals surface area contributed by atoms with Crippen LogP contribution in [0.15, 0.2) is 47.0 Å². The van der Waals surface area contributed by atoms with Crippen molar-refractivity contribution in [3.8, 4) is 5.75 Å². The molecule has 1 aliphatic heterocycles. The minimum atomic E-state index is -0.297. The molecule has 28 heavy (non-hydrogen) atoms. The molecule has 1 saturated heterocycles. The molecule has 1 aromatic heterocycles. The van der Waals surface area contributed by atoms with Crippen molar-refractivity contribution >= 4 is 11.0 Å². The van der Waals surface area contributed by atoms with Gasteiger partial charge in [0.25, 0.3) is 0 Å². The number of hydrogen-bond acceptors (Lipinski definition) is 5. The van der Waals surface area contributed by atoms with E-state index in [-0.39, 0.29) is 12.4 Å². The third kappa shape index (κ3) is 4.18. The van der Waals surface area contributed by atoms with Crippen LogP contribution in [-0.4, -0.2) is 41.4 Å². The molecule has 0 spiro atoms. The van der Waals surface area contributed by atoms with Crippen molar-refractivity contribution in [2.75, 3.05) is 26.2 Å². The van der Waals surface area contributed by atoms with Crippen molar-refractivity contribution in [3.63, 3.8) is 0 Å². The van der Waals surface area contributed by atoms with Gasteiger partial charge in [0, 0.05) is 29.5 Å². The summed E-state index contributed by atoms with van der Waals surface area (Å²) < 4.78 is 24.5. The zero-order valence-corrected chi connectivity index (χ0v) is 15.8. The van der Waals surface area contributed by atoms with Crippen molar-refractivity contribution < 1.29 is 18.8 Å². The lowest BCUT2D eigenvalue weighted by atomic mass is 9.91. The van der Waals surface area contributed by atoms with Crippen LogP contribution in [0, 0.1) is 5.82 Å². The molecule has 0 unspecified atom stereocenters. The monoisotopic (exact) mass is 384 g/mol. The average Bonchev–Trinajstić information content (AvgIpc) is 3.15. The van der Waals surface area contributed by atoms with Gasteiger partial charge in [-0.2, -0.15) is 0 Å². The summed E-state index contributed by atoms with van der Waals surface area (Å²) in [5.74, 6) is 0.822. The summed E-state index contributed by atoms with van der Waals surface area (Å²) in [6.45, 7) is 3.63. The molecular weight excluding hydrogens is 359 g/mol. The van der Waals surface area contributed by atoms with E-state index < -0.39 is 0 Å². The normalized spacial score (nSPS) is 15.9. The van der Waals surface area contributed by atoms with E-state index in [4.69, 9.17) is 9.26 Å². The summed E-state index contributed by atoms with van der Waals surface area (Å²) in [5, 5.41) is 14.5. The number of rotatable bonds is 7. The van der Waals surface area contributed by atoms with Crippen molar-refractivity contribution in [1.29, 1.82) is 0 Å². The smallest absolute Gasteiger partial charge is 0.170 e. The van der Waals surface area contributed by atoms with Crippen LogP contribution < -0.4 is 4.74 Å². The number of piperidine rings is 1. The molecule has 3 aromatic rings. The third-order valence-electron chi connectivity index (χ3n) is 5.46. The van der Waals surface area contributed by atoms with Gasteiger partial charge in [0.2, 0.25) is 0 Å². The predicted octanol–water partition coefficient (Wildman–Crippen LogP) is 4.11. The van der Waals surface area contributed by atoms with Crippen LogP contribution in [0.2, 0.25) is 0 Å². The molecule has 0 amide bonds. The van der Waals surface area contributed by atoms with Crippen LogP contribution in [0.5, 0.6) is 5.75 Å². The summed E-state index contributed by atoms with van der Waals surface area (Å²) in [6.07, 6.45) is 2.98. The first-order valence-electron chi connectivity index (χ1n) is 9.83. The zero-order chi connectivity index (χ0) is 19.3. The van der Waals surface area contributed by atoms with E-state index in [0.29, 0.717) is 18.1 Å². The van der Waals surface area contributed by atoms with Crippen molar-refractivity contribution in [3.05, 3.63) is 59.5 Å². The summed E-state index contributed by atoms with van der Waals surface area (Å²) in [4.78, 5) is 2.44. The van der Waals surface area contributed by atoms with E-state index in [1.807, 2.05) is 24.3 Å². The first-order valence-corrected chi connectivity index (χ1v) is 9.83. The number of aliphatic hydroxyl groups is 1. The summed E-state index contributed by atoms with van der Waals surface area (Å²) in [7, 11) is 0. The fourth-order valence-electron chi connectivity index (χ4n) is 3.90. The highest BCUT2D eigenvalue weighted by Crippen LogP contribution is 2.32. The second-order valence-corrected chi connectivity index (χ2v) is 7.29. The van der Waals surface area contributed by atoms with Gasteiger partial charge in [-0.15, -0.1) is 0 Å². The molecule has 5 nitrogen and oxygen atoms in total. The second kappa shape index (κ2) is 8.71. The number of aromatic nitrogens is 1. The van der Waals surface area contributed by atoms with Crippen molar-refractivity contribution in [2.45, 2.75) is 31.8 Å². The van der Waals surface area contributed by atoms with E-state index in [9.17, 15) is 9.50 Å². The Morgan fingerprint density at radius 3 is 2.82 bits per heavy atom. The number of aliphatic hydroxyl groups excluding tert-OH is 1. The van der Waals surface area contributed by atoms with E-state index in [1.54, 1.807) is 6.07 Å². The Bertz CT molecular complexity index is 919. The molecule has 148 valence electrons.